The van der Waals surface area contributed by atoms with E-state index in [1.165, 1.54) is 0 Å². The lowest BCUT2D eigenvalue weighted by Crippen LogP contribution is -2.40. The number of nitrogens with two attached hydrogens (primary N) is 1. The number of nitrogens with one attached hydrogen (secondary N) is 1. The van der Waals surface area contributed by atoms with Crippen LogP contribution >= 0.6 is 0 Å². The van der Waals surface area contributed by atoms with Crippen LogP contribution in [0.15, 0.2) is 0 Å². The first-order chi connectivity index (χ1) is 5.62. The second-order valence-corrected chi connectivity index (χ2v) is 3.47. The molecule has 1 fully saturated rings. The predicted molar refractivity (Wildman–Crippen MR) is 45.7 cm³/mol. The molecule has 0 bridgehead atoms. The number of primary amides is 1. The highest BCUT2D eigenvalue weighted by Gasteiger charge is 2.28. The lowest BCUT2D eigenvalue weighted by Gasteiger charge is -2.22. The molecule has 12 heavy (non-hydrogen) atoms. The van der Waals surface area contributed by atoms with E-state index in [1.54, 1.807) is 0 Å². The van der Waals surface area contributed by atoms with Crippen LogP contribution in [0.1, 0.15) is 19.8 Å². The van der Waals surface area contributed by atoms with Crippen molar-refractivity contribution in [2.45, 2.75) is 25.4 Å². The number of carbonyl (C=O) groups is 1. The average molecular weight is 172 g/mol. The monoisotopic (exact) mass is 172 g/mol. The molecule has 0 spiro atoms. The van der Waals surface area contributed by atoms with Crippen molar-refractivity contribution in [3.05, 3.63) is 0 Å². The van der Waals surface area contributed by atoms with Gasteiger partial charge in [0.25, 0.3) is 0 Å². The maximum absolute atomic E-state index is 10.4. The van der Waals surface area contributed by atoms with E-state index < -0.39 is 0 Å². The van der Waals surface area contributed by atoms with Crippen molar-refractivity contribution in [3.8, 4) is 0 Å². The van der Waals surface area contributed by atoms with Crippen LogP contribution in [0.3, 0.4) is 0 Å². The zero-order valence-corrected chi connectivity index (χ0v) is 7.43. The van der Waals surface area contributed by atoms with E-state index in [0.717, 1.165) is 19.4 Å². The number of hydrogen-bond acceptors (Lipinski definition) is 3. The second kappa shape index (κ2) is 3.87. The minimum absolute atomic E-state index is 0.0878. The lowest BCUT2D eigenvalue weighted by atomic mass is 10.0. The smallest absolute Gasteiger partial charge is 0.231 e. The van der Waals surface area contributed by atoms with Crippen molar-refractivity contribution in [1.29, 1.82) is 0 Å². The molecular formula is C8H16N2O2. The fraction of sp³-hybridized carbons (Fsp3) is 0.875. The fourth-order valence-electron chi connectivity index (χ4n) is 1.43. The standard InChI is InChI=1S/C8H16N2O2/c1-8(3-2-4-12-8)6-10-5-7(9)11/h10H,2-6H2,1H3,(H2,9,11). The Morgan fingerprint density at radius 2 is 2.50 bits per heavy atom. The predicted octanol–water partition coefficient (Wildman–Crippen LogP) is -0.370. The third-order valence-corrected chi connectivity index (χ3v) is 2.10. The molecule has 1 aliphatic rings. The van der Waals surface area contributed by atoms with Gasteiger partial charge in [-0.15, -0.1) is 0 Å². The van der Waals surface area contributed by atoms with Crippen molar-refractivity contribution in [3.63, 3.8) is 0 Å². The minimum atomic E-state index is -0.323. The molecule has 1 unspecified atom stereocenters. The van der Waals surface area contributed by atoms with Crippen molar-refractivity contribution in [1.82, 2.24) is 5.32 Å². The number of amides is 1. The van der Waals surface area contributed by atoms with Gasteiger partial charge in [0, 0.05) is 13.2 Å². The Balaban J connectivity index is 2.17. The van der Waals surface area contributed by atoms with E-state index in [0.29, 0.717) is 6.54 Å². The molecule has 1 amide bonds. The van der Waals surface area contributed by atoms with E-state index in [4.69, 9.17) is 10.5 Å². The van der Waals surface area contributed by atoms with Gasteiger partial charge in [-0.1, -0.05) is 0 Å². The second-order valence-electron chi connectivity index (χ2n) is 3.47. The molecule has 1 saturated heterocycles. The Morgan fingerprint density at radius 3 is 3.00 bits per heavy atom. The Labute approximate surface area is 72.5 Å². The van der Waals surface area contributed by atoms with Crippen LogP contribution in [0.25, 0.3) is 0 Å². The molecule has 1 heterocycles. The van der Waals surface area contributed by atoms with Crippen molar-refractivity contribution >= 4 is 5.91 Å². The maximum Gasteiger partial charge on any atom is 0.231 e. The fourth-order valence-corrected chi connectivity index (χ4v) is 1.43. The van der Waals surface area contributed by atoms with Gasteiger partial charge in [0.15, 0.2) is 0 Å². The Bertz CT molecular complexity index is 164. The first kappa shape index (κ1) is 9.48. The lowest BCUT2D eigenvalue weighted by molar-refractivity contribution is -0.117. The molecule has 70 valence electrons. The van der Waals surface area contributed by atoms with Crippen molar-refractivity contribution in [2.24, 2.45) is 5.73 Å². The first-order valence-corrected chi connectivity index (χ1v) is 4.25. The van der Waals surface area contributed by atoms with Crippen LogP contribution in [0.2, 0.25) is 0 Å². The van der Waals surface area contributed by atoms with Gasteiger partial charge in [0.2, 0.25) is 5.91 Å². The van der Waals surface area contributed by atoms with E-state index in [2.05, 4.69) is 5.32 Å². The topological polar surface area (TPSA) is 64.3 Å². The summed E-state index contributed by atoms with van der Waals surface area (Å²) in [6.07, 6.45) is 2.16. The van der Waals surface area contributed by atoms with Crippen LogP contribution in [0.5, 0.6) is 0 Å². The molecule has 0 aromatic rings. The molecule has 0 aliphatic carbocycles. The molecule has 4 nitrogen and oxygen atoms in total. The molecule has 1 rings (SSSR count). The highest BCUT2D eigenvalue weighted by molar-refractivity contribution is 5.75. The Morgan fingerprint density at radius 1 is 1.75 bits per heavy atom. The molecule has 3 N–H and O–H groups in total. The summed E-state index contributed by atoms with van der Waals surface area (Å²) in [5, 5.41) is 2.97. The van der Waals surface area contributed by atoms with E-state index in [-0.39, 0.29) is 18.1 Å². The van der Waals surface area contributed by atoms with Gasteiger partial charge in [0.1, 0.15) is 0 Å². The maximum atomic E-state index is 10.4. The molecular weight excluding hydrogens is 156 g/mol. The molecule has 0 aromatic heterocycles. The Kier molecular flexibility index (Phi) is 3.05. The zero-order valence-electron chi connectivity index (χ0n) is 7.43. The van der Waals surface area contributed by atoms with Gasteiger partial charge in [-0.25, -0.2) is 0 Å². The molecule has 0 saturated carbocycles. The SMILES string of the molecule is CC1(CNCC(N)=O)CCCO1. The summed E-state index contributed by atoms with van der Waals surface area (Å²) in [5.41, 5.74) is 4.89. The number of rotatable bonds is 4. The number of carbonyl (C=O) groups excluding carboxylic acids is 1. The largest absolute Gasteiger partial charge is 0.374 e. The van der Waals surface area contributed by atoms with Gasteiger partial charge in [-0.05, 0) is 19.8 Å². The summed E-state index contributed by atoms with van der Waals surface area (Å²) in [5.74, 6) is -0.323. The van der Waals surface area contributed by atoms with Gasteiger partial charge in [0.05, 0.1) is 12.1 Å². The van der Waals surface area contributed by atoms with Crippen molar-refractivity contribution in [2.75, 3.05) is 19.7 Å². The third kappa shape index (κ3) is 2.79. The average Bonchev–Trinajstić information content (AvgIpc) is 2.35. The normalized spacial score (nSPS) is 29.1. The van der Waals surface area contributed by atoms with Gasteiger partial charge >= 0.3 is 0 Å². The quantitative estimate of drug-likeness (QED) is 0.608. The van der Waals surface area contributed by atoms with Crippen LogP contribution < -0.4 is 11.1 Å². The van der Waals surface area contributed by atoms with Crippen LogP contribution in [0, 0.1) is 0 Å². The summed E-state index contributed by atoms with van der Waals surface area (Å²) in [6, 6.07) is 0. The van der Waals surface area contributed by atoms with E-state index in [9.17, 15) is 4.79 Å². The summed E-state index contributed by atoms with van der Waals surface area (Å²) in [4.78, 5) is 10.4. The minimum Gasteiger partial charge on any atom is -0.374 e. The molecule has 1 aliphatic heterocycles. The summed E-state index contributed by atoms with van der Waals surface area (Å²) >= 11 is 0. The summed E-state index contributed by atoms with van der Waals surface area (Å²) in [7, 11) is 0. The third-order valence-electron chi connectivity index (χ3n) is 2.10. The molecule has 0 aromatic carbocycles. The van der Waals surface area contributed by atoms with Gasteiger partial charge in [-0.3, -0.25) is 4.79 Å². The van der Waals surface area contributed by atoms with Crippen molar-refractivity contribution < 1.29 is 9.53 Å². The number of hydrogen-bond donors (Lipinski definition) is 2. The number of ether oxygens (including phenoxy) is 1. The highest BCUT2D eigenvalue weighted by Crippen LogP contribution is 2.23. The van der Waals surface area contributed by atoms with Crippen LogP contribution in [-0.2, 0) is 9.53 Å². The first-order valence-electron chi connectivity index (χ1n) is 4.25. The van der Waals surface area contributed by atoms with Gasteiger partial charge in [-0.2, -0.15) is 0 Å². The summed E-state index contributed by atoms with van der Waals surface area (Å²) in [6.45, 7) is 3.82. The molecule has 4 heteroatoms. The highest BCUT2D eigenvalue weighted by atomic mass is 16.5. The Hall–Kier alpha value is -0.610. The van der Waals surface area contributed by atoms with Crippen LogP contribution in [-0.4, -0.2) is 31.2 Å². The van der Waals surface area contributed by atoms with Crippen LogP contribution in [0.4, 0.5) is 0 Å². The van der Waals surface area contributed by atoms with Gasteiger partial charge < -0.3 is 15.8 Å². The van der Waals surface area contributed by atoms with E-state index in [1.807, 2.05) is 6.92 Å². The van der Waals surface area contributed by atoms with E-state index >= 15 is 0 Å². The molecule has 1 atom stereocenters. The molecule has 0 radical (unpaired) electrons. The summed E-state index contributed by atoms with van der Waals surface area (Å²) < 4.78 is 5.51. The zero-order chi connectivity index (χ0) is 9.03.